The average Bonchev–Trinajstić information content (AvgIpc) is 2.74. The first-order valence-electron chi connectivity index (χ1n) is 9.48. The molecule has 30 heavy (non-hydrogen) atoms. The third-order valence-electron chi connectivity index (χ3n) is 3.67. The Bertz CT molecular complexity index is 787. The van der Waals surface area contributed by atoms with E-state index in [0.717, 1.165) is 18.4 Å². The zero-order valence-corrected chi connectivity index (χ0v) is 17.8. The molecule has 0 bridgehead atoms. The topological polar surface area (TPSA) is 89.9 Å². The van der Waals surface area contributed by atoms with E-state index < -0.39 is 11.9 Å². The molecule has 0 aromatic heterocycles. The van der Waals surface area contributed by atoms with Gasteiger partial charge in [0.25, 0.3) is 0 Å². The van der Waals surface area contributed by atoms with Crippen LogP contribution in [-0.2, 0) is 23.9 Å². The van der Waals surface area contributed by atoms with Crippen LogP contribution in [0.25, 0.3) is 6.08 Å². The van der Waals surface area contributed by atoms with Crippen molar-refractivity contribution in [1.82, 2.24) is 0 Å². The van der Waals surface area contributed by atoms with Gasteiger partial charge in [-0.2, -0.15) is 0 Å². The van der Waals surface area contributed by atoms with E-state index in [1.165, 1.54) is 20.1 Å². The van der Waals surface area contributed by atoms with Gasteiger partial charge in [0.05, 0.1) is 19.3 Å². The molecule has 1 N–H and O–H groups in total. The van der Waals surface area contributed by atoms with Crippen molar-refractivity contribution in [3.63, 3.8) is 0 Å². The van der Waals surface area contributed by atoms with Crippen LogP contribution in [0.5, 0.6) is 0 Å². The Morgan fingerprint density at radius 1 is 1.10 bits per heavy atom. The van der Waals surface area contributed by atoms with Crippen molar-refractivity contribution in [3.8, 4) is 0 Å². The van der Waals surface area contributed by atoms with Gasteiger partial charge in [-0.15, -0.1) is 0 Å². The van der Waals surface area contributed by atoms with Crippen LogP contribution in [0.15, 0.2) is 72.4 Å². The Labute approximate surface area is 178 Å². The lowest BCUT2D eigenvalue weighted by Gasteiger charge is -2.03. The first kappa shape index (κ1) is 26.6. The molecule has 0 spiro atoms. The zero-order valence-electron chi connectivity index (χ0n) is 17.8. The van der Waals surface area contributed by atoms with Crippen LogP contribution in [0.1, 0.15) is 38.7 Å². The highest BCUT2D eigenvalue weighted by atomic mass is 16.5. The monoisotopic (exact) mass is 414 g/mol. The highest BCUT2D eigenvalue weighted by molar-refractivity contribution is 5.94. The minimum absolute atomic E-state index is 0.0611. The van der Waals surface area contributed by atoms with E-state index in [2.05, 4.69) is 17.9 Å². The lowest BCUT2D eigenvalue weighted by Crippen LogP contribution is -2.08. The van der Waals surface area contributed by atoms with Gasteiger partial charge >= 0.3 is 17.9 Å². The van der Waals surface area contributed by atoms with Crippen molar-refractivity contribution in [3.05, 3.63) is 77.9 Å². The molecular weight excluding hydrogens is 384 g/mol. The largest absolute Gasteiger partial charge is 0.478 e. The van der Waals surface area contributed by atoms with E-state index in [4.69, 9.17) is 9.84 Å². The summed E-state index contributed by atoms with van der Waals surface area (Å²) in [5.74, 6) is -1.99. The van der Waals surface area contributed by atoms with Crippen molar-refractivity contribution < 1.29 is 29.0 Å². The fourth-order valence-corrected chi connectivity index (χ4v) is 1.91. The van der Waals surface area contributed by atoms with E-state index in [1.807, 2.05) is 49.4 Å². The number of carboxylic acids is 1. The molecule has 0 aliphatic heterocycles. The van der Waals surface area contributed by atoms with E-state index in [1.54, 1.807) is 0 Å². The molecule has 0 heterocycles. The number of carboxylic acid groups (broad SMARTS) is 1. The second kappa shape index (κ2) is 15.5. The highest BCUT2D eigenvalue weighted by Crippen LogP contribution is 2.06. The number of carbonyl (C=O) groups is 3. The molecule has 0 saturated heterocycles. The lowest BCUT2D eigenvalue weighted by molar-refractivity contribution is -0.138. The molecule has 0 radical (unpaired) electrons. The summed E-state index contributed by atoms with van der Waals surface area (Å²) in [5, 5.41) is 8.57. The van der Waals surface area contributed by atoms with Gasteiger partial charge in [0.15, 0.2) is 0 Å². The fraction of sp³-hybridized carbons (Fsp3) is 0.292. The first-order chi connectivity index (χ1) is 14.2. The molecule has 0 amide bonds. The Balaban J connectivity index is 0.000000561. The summed E-state index contributed by atoms with van der Waals surface area (Å²) in [6.07, 6.45) is 7.30. The number of benzene rings is 1. The lowest BCUT2D eigenvalue weighted by atomic mass is 10.1. The van der Waals surface area contributed by atoms with Crippen LogP contribution in [0.3, 0.4) is 0 Å². The number of esters is 2. The summed E-state index contributed by atoms with van der Waals surface area (Å²) >= 11 is 0. The van der Waals surface area contributed by atoms with Gasteiger partial charge in [0.1, 0.15) is 0 Å². The summed E-state index contributed by atoms with van der Waals surface area (Å²) in [7, 11) is 1.36. The Morgan fingerprint density at radius 3 is 2.27 bits per heavy atom. The standard InChI is InChI=1S/C13H14O2.C11H16O4/c1-11(13(14)15-2)7-6-10-12-8-4-3-5-9-12;1-4-5-6-15-11(14)9(3)7-8(2)10(12)13/h3-6,8-10H,1,7H2,2H3;7H,3-6H2,1-2H3,(H,12,13). The van der Waals surface area contributed by atoms with Crippen molar-refractivity contribution in [2.24, 2.45) is 0 Å². The Morgan fingerprint density at radius 2 is 1.73 bits per heavy atom. The molecular formula is C24H30O6. The van der Waals surface area contributed by atoms with Crippen molar-refractivity contribution in [2.75, 3.05) is 13.7 Å². The van der Waals surface area contributed by atoms with Crippen molar-refractivity contribution in [1.29, 1.82) is 0 Å². The van der Waals surface area contributed by atoms with Gasteiger partial charge in [-0.1, -0.05) is 69.0 Å². The molecule has 0 atom stereocenters. The minimum atomic E-state index is -1.07. The summed E-state index contributed by atoms with van der Waals surface area (Å²) in [6, 6.07) is 9.89. The van der Waals surface area contributed by atoms with Gasteiger partial charge in [-0.25, -0.2) is 14.4 Å². The summed E-state index contributed by atoms with van der Waals surface area (Å²) in [4.78, 5) is 32.7. The molecule has 1 rings (SSSR count). The average molecular weight is 414 g/mol. The van der Waals surface area contributed by atoms with Gasteiger partial charge in [-0.05, 0) is 31.4 Å². The summed E-state index contributed by atoms with van der Waals surface area (Å²) < 4.78 is 9.39. The zero-order chi connectivity index (χ0) is 22.9. The maximum Gasteiger partial charge on any atom is 0.337 e. The Kier molecular flexibility index (Phi) is 13.7. The van der Waals surface area contributed by atoms with Crippen LogP contribution in [0.4, 0.5) is 0 Å². The number of ether oxygens (including phenoxy) is 2. The quantitative estimate of drug-likeness (QED) is 0.257. The molecule has 6 heteroatoms. The predicted molar refractivity (Wildman–Crippen MR) is 118 cm³/mol. The molecule has 1 aromatic rings. The van der Waals surface area contributed by atoms with E-state index >= 15 is 0 Å². The second-order valence-corrected chi connectivity index (χ2v) is 6.26. The molecule has 0 fully saturated rings. The number of allylic oxidation sites excluding steroid dienone is 1. The fourth-order valence-electron chi connectivity index (χ4n) is 1.91. The van der Waals surface area contributed by atoms with Crippen LogP contribution >= 0.6 is 0 Å². The molecule has 0 aliphatic carbocycles. The van der Waals surface area contributed by atoms with Gasteiger partial charge in [-0.3, -0.25) is 0 Å². The number of carbonyl (C=O) groups excluding carboxylic acids is 2. The van der Waals surface area contributed by atoms with Crippen molar-refractivity contribution >= 4 is 24.0 Å². The molecule has 162 valence electrons. The predicted octanol–water partition coefficient (Wildman–Crippen LogP) is 4.74. The van der Waals surface area contributed by atoms with E-state index in [9.17, 15) is 14.4 Å². The number of hydrogen-bond donors (Lipinski definition) is 1. The van der Waals surface area contributed by atoms with E-state index in [0.29, 0.717) is 18.6 Å². The molecule has 0 aliphatic rings. The van der Waals surface area contributed by atoms with Crippen LogP contribution in [0.2, 0.25) is 0 Å². The summed E-state index contributed by atoms with van der Waals surface area (Å²) in [6.45, 7) is 10.8. The molecule has 0 unspecified atom stereocenters. The number of aliphatic carboxylic acids is 1. The SMILES string of the molecule is C=C(C=C(C)C(=O)O)C(=O)OCCCC.C=C(CC=Cc1ccccc1)C(=O)OC. The van der Waals surface area contributed by atoms with Gasteiger partial charge < -0.3 is 14.6 Å². The maximum atomic E-state index is 11.2. The summed E-state index contributed by atoms with van der Waals surface area (Å²) in [5.41, 5.74) is 1.69. The number of hydrogen-bond acceptors (Lipinski definition) is 5. The highest BCUT2D eigenvalue weighted by Gasteiger charge is 2.08. The van der Waals surface area contributed by atoms with Gasteiger partial charge in [0, 0.05) is 11.1 Å². The number of rotatable bonds is 10. The molecule has 0 saturated carbocycles. The van der Waals surface area contributed by atoms with Gasteiger partial charge in [0.2, 0.25) is 0 Å². The normalized spacial score (nSPS) is 10.6. The first-order valence-corrected chi connectivity index (χ1v) is 9.48. The van der Waals surface area contributed by atoms with Crippen LogP contribution in [-0.4, -0.2) is 36.7 Å². The number of unbranched alkanes of at least 4 members (excludes halogenated alkanes) is 1. The minimum Gasteiger partial charge on any atom is -0.478 e. The van der Waals surface area contributed by atoms with E-state index in [-0.39, 0.29) is 17.1 Å². The maximum absolute atomic E-state index is 11.2. The third kappa shape index (κ3) is 12.1. The number of methoxy groups -OCH3 is 1. The van der Waals surface area contributed by atoms with Crippen molar-refractivity contribution in [2.45, 2.75) is 33.1 Å². The van der Waals surface area contributed by atoms with Crippen LogP contribution < -0.4 is 0 Å². The second-order valence-electron chi connectivity index (χ2n) is 6.26. The molecule has 6 nitrogen and oxygen atoms in total. The third-order valence-corrected chi connectivity index (χ3v) is 3.67. The smallest absolute Gasteiger partial charge is 0.337 e. The Hall–Kier alpha value is -3.41. The van der Waals surface area contributed by atoms with Crippen LogP contribution in [0, 0.1) is 0 Å². The molecule has 1 aromatic carbocycles.